The molecule has 0 fully saturated rings. The van der Waals surface area contributed by atoms with Crippen LogP contribution in [-0.2, 0) is 12.7 Å². The molecule has 0 bridgehead atoms. The molecule has 10 heteroatoms. The number of rotatable bonds is 9. The number of aromatic nitrogens is 3. The first kappa shape index (κ1) is 25.0. The van der Waals surface area contributed by atoms with Gasteiger partial charge in [0.1, 0.15) is 17.4 Å². The first-order valence-electron chi connectivity index (χ1n) is 10.1. The number of nitrogens with zero attached hydrogens (tertiary/aromatic N) is 3. The highest BCUT2D eigenvalue weighted by Gasteiger charge is 2.32. The zero-order valence-corrected chi connectivity index (χ0v) is 19.3. The van der Waals surface area contributed by atoms with E-state index in [2.05, 4.69) is 16.7 Å². The van der Waals surface area contributed by atoms with E-state index in [1.807, 2.05) is 6.92 Å². The van der Waals surface area contributed by atoms with Crippen molar-refractivity contribution in [2.45, 2.75) is 26.6 Å². The first-order valence-corrected chi connectivity index (χ1v) is 10.9. The fourth-order valence-corrected chi connectivity index (χ4v) is 3.98. The second kappa shape index (κ2) is 10.5. The van der Waals surface area contributed by atoms with Gasteiger partial charge in [0, 0.05) is 16.6 Å². The first-order chi connectivity index (χ1) is 16.1. The molecule has 0 amide bonds. The summed E-state index contributed by atoms with van der Waals surface area (Å²) in [6.07, 6.45) is 4.92. The van der Waals surface area contributed by atoms with Crippen molar-refractivity contribution in [3.05, 3.63) is 88.7 Å². The monoisotopic (exact) mass is 489 g/mol. The second-order valence-electron chi connectivity index (χ2n) is 7.26. The van der Waals surface area contributed by atoms with Crippen LogP contribution >= 0.6 is 11.3 Å². The lowest BCUT2D eigenvalue weighted by Crippen LogP contribution is -2.07. The zero-order valence-electron chi connectivity index (χ0n) is 18.5. The molecule has 1 N–H and O–H groups in total. The maximum Gasteiger partial charge on any atom is 0.416 e. The summed E-state index contributed by atoms with van der Waals surface area (Å²) in [5, 5.41) is 13.4. The molecule has 178 valence electrons. The minimum atomic E-state index is -4.56. The topological polar surface area (TPSA) is 77.2 Å². The van der Waals surface area contributed by atoms with Crippen molar-refractivity contribution in [1.29, 1.82) is 0 Å². The maximum atomic E-state index is 13.6. The molecule has 0 atom stereocenters. The van der Waals surface area contributed by atoms with Crippen LogP contribution in [0, 0.1) is 6.92 Å². The molecule has 0 aliphatic heterocycles. The number of carboxylic acids is 1. The largest absolute Gasteiger partial charge is 0.489 e. The van der Waals surface area contributed by atoms with Gasteiger partial charge in [0.15, 0.2) is 0 Å². The van der Waals surface area contributed by atoms with Gasteiger partial charge >= 0.3 is 12.1 Å². The van der Waals surface area contributed by atoms with Crippen LogP contribution in [0.15, 0.2) is 67.0 Å². The predicted molar refractivity (Wildman–Crippen MR) is 124 cm³/mol. The Balaban J connectivity index is 1.92. The second-order valence-corrected chi connectivity index (χ2v) is 8.47. The normalized spacial score (nSPS) is 12.3. The Morgan fingerprint density at radius 3 is 2.71 bits per heavy atom. The number of carboxylic acid groups (broad SMARTS) is 1. The summed E-state index contributed by atoms with van der Waals surface area (Å²) in [7, 11) is 0. The van der Waals surface area contributed by atoms with Gasteiger partial charge < -0.3 is 9.84 Å². The summed E-state index contributed by atoms with van der Waals surface area (Å²) < 4.78 is 47.8. The van der Waals surface area contributed by atoms with Gasteiger partial charge in [-0.25, -0.2) is 9.78 Å². The van der Waals surface area contributed by atoms with E-state index in [4.69, 9.17) is 9.84 Å². The Kier molecular flexibility index (Phi) is 7.72. The smallest absolute Gasteiger partial charge is 0.416 e. The number of hydrogen-bond donors (Lipinski definition) is 1. The van der Waals surface area contributed by atoms with Gasteiger partial charge in [-0.05, 0) is 37.6 Å². The molecule has 2 heterocycles. The number of carbonyl (C=O) groups is 1. The summed E-state index contributed by atoms with van der Waals surface area (Å²) in [6, 6.07) is 3.52. The molecule has 3 rings (SSSR count). The van der Waals surface area contributed by atoms with Crippen LogP contribution in [0.2, 0.25) is 0 Å². The van der Waals surface area contributed by atoms with Crippen molar-refractivity contribution >= 4 is 17.3 Å². The molecule has 1 aromatic carbocycles. The van der Waals surface area contributed by atoms with Gasteiger partial charge in [0.2, 0.25) is 0 Å². The van der Waals surface area contributed by atoms with E-state index >= 15 is 0 Å². The Hall–Kier alpha value is -3.66. The fourth-order valence-electron chi connectivity index (χ4n) is 3.07. The number of aromatic carboxylic acids is 1. The lowest BCUT2D eigenvalue weighted by molar-refractivity contribution is -0.137. The molecule has 34 heavy (non-hydrogen) atoms. The van der Waals surface area contributed by atoms with Crippen molar-refractivity contribution in [3.8, 4) is 16.3 Å². The summed E-state index contributed by atoms with van der Waals surface area (Å²) in [5.41, 5.74) is 0.813. The van der Waals surface area contributed by atoms with Gasteiger partial charge in [0.05, 0.1) is 29.6 Å². The highest BCUT2D eigenvalue weighted by Crippen LogP contribution is 2.37. The third kappa shape index (κ3) is 6.22. The van der Waals surface area contributed by atoms with Crippen molar-refractivity contribution in [3.63, 3.8) is 0 Å². The average Bonchev–Trinajstić information content (AvgIpc) is 3.39. The Morgan fingerprint density at radius 1 is 1.32 bits per heavy atom. The molecular weight excluding hydrogens is 467 g/mol. The fraction of sp³-hybridized carbons (Fsp3) is 0.208. The SMILES string of the molecule is C=C/C=C(\C=C/C)COc1cc(-c2nc(Cn3cc(C(=O)O)cn3)c(C)s2)cc(C(F)(F)F)c1. The van der Waals surface area contributed by atoms with Crippen LogP contribution < -0.4 is 4.74 Å². The number of ether oxygens (including phenoxy) is 1. The van der Waals surface area contributed by atoms with Crippen LogP contribution in [0.1, 0.15) is 33.4 Å². The van der Waals surface area contributed by atoms with Crippen LogP contribution in [0.4, 0.5) is 13.2 Å². The molecule has 0 spiro atoms. The summed E-state index contributed by atoms with van der Waals surface area (Å²) >= 11 is 1.24. The Labute approximate surface area is 198 Å². The van der Waals surface area contributed by atoms with E-state index < -0.39 is 17.7 Å². The van der Waals surface area contributed by atoms with Gasteiger partial charge in [0.25, 0.3) is 0 Å². The van der Waals surface area contributed by atoms with Crippen molar-refractivity contribution in [2.75, 3.05) is 6.61 Å². The lowest BCUT2D eigenvalue weighted by atomic mass is 10.1. The summed E-state index contributed by atoms with van der Waals surface area (Å²) in [5.74, 6) is -1.03. The number of alkyl halides is 3. The number of benzene rings is 1. The third-order valence-electron chi connectivity index (χ3n) is 4.68. The standard InChI is InChI=1S/C24H22F3N3O3S/c1-4-6-16(7-5-2)14-33-20-9-17(8-19(10-20)24(25,26)27)22-29-21(15(3)34-22)13-30-12-18(11-28-30)23(31)32/h4-12H,1,13-14H2,2-3H3,(H,31,32)/b7-5-,16-6+. The summed E-state index contributed by atoms with van der Waals surface area (Å²) in [6.45, 7) is 7.52. The van der Waals surface area contributed by atoms with Crippen LogP contribution in [-0.4, -0.2) is 32.4 Å². The molecule has 0 unspecified atom stereocenters. The van der Waals surface area contributed by atoms with Crippen molar-refractivity contribution < 1.29 is 27.8 Å². The lowest BCUT2D eigenvalue weighted by Gasteiger charge is -2.13. The number of hydrogen-bond acceptors (Lipinski definition) is 5. The molecule has 2 aromatic heterocycles. The maximum absolute atomic E-state index is 13.6. The van der Waals surface area contributed by atoms with Crippen LogP contribution in [0.3, 0.4) is 0 Å². The average molecular weight is 490 g/mol. The number of thiazole rings is 1. The minimum Gasteiger partial charge on any atom is -0.489 e. The molecular formula is C24H22F3N3O3S. The Morgan fingerprint density at radius 2 is 2.09 bits per heavy atom. The molecule has 0 aliphatic carbocycles. The molecule has 0 saturated carbocycles. The number of halogens is 3. The van der Waals surface area contributed by atoms with E-state index in [1.165, 1.54) is 34.5 Å². The number of allylic oxidation sites excluding steroid dienone is 3. The minimum absolute atomic E-state index is 0.0376. The predicted octanol–water partition coefficient (Wildman–Crippen LogP) is 6.15. The molecule has 0 saturated heterocycles. The summed E-state index contributed by atoms with van der Waals surface area (Å²) in [4.78, 5) is 16.3. The molecule has 0 aliphatic rings. The van der Waals surface area contributed by atoms with E-state index in [0.717, 1.165) is 22.6 Å². The molecule has 6 nitrogen and oxygen atoms in total. The van der Waals surface area contributed by atoms with Crippen LogP contribution in [0.5, 0.6) is 5.75 Å². The van der Waals surface area contributed by atoms with Crippen LogP contribution in [0.25, 0.3) is 10.6 Å². The third-order valence-corrected chi connectivity index (χ3v) is 5.75. The number of aryl methyl sites for hydroxylation is 1. The van der Waals surface area contributed by atoms with Gasteiger partial charge in [-0.15, -0.1) is 11.3 Å². The van der Waals surface area contributed by atoms with E-state index in [9.17, 15) is 18.0 Å². The van der Waals surface area contributed by atoms with E-state index in [0.29, 0.717) is 10.7 Å². The van der Waals surface area contributed by atoms with Crippen molar-refractivity contribution in [2.24, 2.45) is 0 Å². The van der Waals surface area contributed by atoms with E-state index in [-0.39, 0.29) is 30.0 Å². The van der Waals surface area contributed by atoms with Gasteiger partial charge in [-0.1, -0.05) is 30.9 Å². The van der Waals surface area contributed by atoms with Crippen molar-refractivity contribution in [1.82, 2.24) is 14.8 Å². The van der Waals surface area contributed by atoms with Gasteiger partial charge in [-0.3, -0.25) is 4.68 Å². The highest BCUT2D eigenvalue weighted by atomic mass is 32.1. The van der Waals surface area contributed by atoms with E-state index in [1.54, 1.807) is 31.2 Å². The molecule has 0 radical (unpaired) electrons. The quantitative estimate of drug-likeness (QED) is 0.365. The highest BCUT2D eigenvalue weighted by molar-refractivity contribution is 7.15. The zero-order chi connectivity index (χ0) is 24.9. The van der Waals surface area contributed by atoms with Gasteiger partial charge in [-0.2, -0.15) is 18.3 Å². The Bertz CT molecular complexity index is 1260. The molecule has 3 aromatic rings.